The van der Waals surface area contributed by atoms with Crippen LogP contribution in [-0.2, 0) is 0 Å². The molecule has 2 N–H and O–H groups in total. The van der Waals surface area contributed by atoms with Gasteiger partial charge in [0, 0.05) is 6.07 Å². The summed E-state index contributed by atoms with van der Waals surface area (Å²) >= 11 is 0. The highest BCUT2D eigenvalue weighted by molar-refractivity contribution is 5.60. The lowest BCUT2D eigenvalue weighted by Gasteiger charge is -2.07. The maximum Gasteiger partial charge on any atom is 0.326 e. The summed E-state index contributed by atoms with van der Waals surface area (Å²) in [5, 5.41) is 0. The van der Waals surface area contributed by atoms with E-state index >= 15 is 0 Å². The Bertz CT molecular complexity index is 723. The van der Waals surface area contributed by atoms with Crippen molar-refractivity contribution in [3.63, 3.8) is 0 Å². The lowest BCUT2D eigenvalue weighted by Crippen LogP contribution is -2.22. The van der Waals surface area contributed by atoms with Crippen molar-refractivity contribution in [3.8, 4) is 11.3 Å². The minimum absolute atomic E-state index is 0.500. The molecule has 100 valence electrons. The molecule has 0 atom stereocenters. The van der Waals surface area contributed by atoms with Gasteiger partial charge in [-0.2, -0.15) is 0 Å². The molecule has 2 rings (SSSR count). The number of benzene rings is 1. The predicted octanol–water partition coefficient (Wildman–Crippen LogP) is 1.43. The summed E-state index contributed by atoms with van der Waals surface area (Å²) in [6.45, 7) is 0. The topological polar surface area (TPSA) is 65.7 Å². The van der Waals surface area contributed by atoms with Crippen LogP contribution in [0.15, 0.2) is 15.7 Å². The van der Waals surface area contributed by atoms with Gasteiger partial charge >= 0.3 is 5.69 Å². The van der Waals surface area contributed by atoms with Crippen molar-refractivity contribution in [2.24, 2.45) is 0 Å². The van der Waals surface area contributed by atoms with Crippen LogP contribution in [0.2, 0.25) is 0 Å². The van der Waals surface area contributed by atoms with Crippen LogP contribution in [0.5, 0.6) is 0 Å². The third-order valence-electron chi connectivity index (χ3n) is 2.24. The van der Waals surface area contributed by atoms with Crippen molar-refractivity contribution < 1.29 is 22.0 Å². The number of aromatic nitrogens is 2. The molecule has 0 spiro atoms. The van der Waals surface area contributed by atoms with Crippen molar-refractivity contribution in [1.29, 1.82) is 0 Å². The number of hydrogen-bond donors (Lipinski definition) is 2. The summed E-state index contributed by atoms with van der Waals surface area (Å²) in [4.78, 5) is 25.3. The standard InChI is InChI=1S/C10H3F5N2O2/c11-5-4(2-1-3(18)17-10(19)16-2)6(12)8(14)9(15)7(5)13/h1H,(H2,16,17,18,19). The van der Waals surface area contributed by atoms with Gasteiger partial charge in [0.15, 0.2) is 23.3 Å². The Labute approximate surface area is 100 Å². The fourth-order valence-corrected chi connectivity index (χ4v) is 1.44. The molecule has 1 aromatic carbocycles. The van der Waals surface area contributed by atoms with Gasteiger partial charge in [-0.05, 0) is 0 Å². The first-order valence-corrected chi connectivity index (χ1v) is 4.68. The molecule has 1 aromatic heterocycles. The third-order valence-corrected chi connectivity index (χ3v) is 2.24. The summed E-state index contributed by atoms with van der Waals surface area (Å²) in [6.07, 6.45) is 0. The molecule has 1 heterocycles. The minimum atomic E-state index is -2.33. The molecule has 19 heavy (non-hydrogen) atoms. The lowest BCUT2D eigenvalue weighted by atomic mass is 10.1. The normalized spacial score (nSPS) is 10.8. The van der Waals surface area contributed by atoms with Crippen LogP contribution >= 0.6 is 0 Å². The quantitative estimate of drug-likeness (QED) is 0.471. The zero-order chi connectivity index (χ0) is 14.3. The monoisotopic (exact) mass is 278 g/mol. The fourth-order valence-electron chi connectivity index (χ4n) is 1.44. The van der Waals surface area contributed by atoms with Crippen molar-refractivity contribution >= 4 is 0 Å². The van der Waals surface area contributed by atoms with E-state index in [0.29, 0.717) is 6.07 Å². The number of halogens is 5. The van der Waals surface area contributed by atoms with Gasteiger partial charge < -0.3 is 4.98 Å². The molecule has 0 radical (unpaired) electrons. The molecule has 2 aromatic rings. The minimum Gasteiger partial charge on any atom is -0.307 e. The van der Waals surface area contributed by atoms with Crippen LogP contribution in [0.1, 0.15) is 0 Å². The van der Waals surface area contributed by atoms with E-state index in [1.54, 1.807) is 9.97 Å². The molecular weight excluding hydrogens is 275 g/mol. The summed E-state index contributed by atoms with van der Waals surface area (Å²) in [5.41, 5.74) is -4.39. The van der Waals surface area contributed by atoms with Crippen molar-refractivity contribution in [1.82, 2.24) is 9.97 Å². The van der Waals surface area contributed by atoms with Gasteiger partial charge in [0.1, 0.15) is 0 Å². The van der Waals surface area contributed by atoms with Gasteiger partial charge in [-0.25, -0.2) is 26.7 Å². The number of hydrogen-bond acceptors (Lipinski definition) is 2. The van der Waals surface area contributed by atoms with Crippen LogP contribution in [0, 0.1) is 29.1 Å². The number of aromatic amines is 2. The summed E-state index contributed by atoms with van der Waals surface area (Å²) in [6, 6.07) is 0.500. The van der Waals surface area contributed by atoms with Gasteiger partial charge in [0.25, 0.3) is 5.56 Å². The van der Waals surface area contributed by atoms with Crippen LogP contribution in [0.3, 0.4) is 0 Å². The lowest BCUT2D eigenvalue weighted by molar-refractivity contribution is 0.381. The Morgan fingerprint density at radius 2 is 1.21 bits per heavy atom. The van der Waals surface area contributed by atoms with Gasteiger partial charge in [-0.3, -0.25) is 9.78 Å². The van der Waals surface area contributed by atoms with E-state index in [9.17, 15) is 31.5 Å². The second-order valence-electron chi connectivity index (χ2n) is 3.45. The summed E-state index contributed by atoms with van der Waals surface area (Å²) in [7, 11) is 0. The first-order valence-electron chi connectivity index (χ1n) is 4.68. The molecular formula is C10H3F5N2O2. The molecule has 0 saturated heterocycles. The largest absolute Gasteiger partial charge is 0.326 e. The molecule has 0 amide bonds. The van der Waals surface area contributed by atoms with Crippen LogP contribution in [0.4, 0.5) is 22.0 Å². The molecule has 0 aliphatic rings. The van der Waals surface area contributed by atoms with Gasteiger partial charge in [-0.1, -0.05) is 0 Å². The summed E-state index contributed by atoms with van der Waals surface area (Å²) < 4.78 is 65.5. The average Bonchev–Trinajstić information content (AvgIpc) is 2.33. The van der Waals surface area contributed by atoms with E-state index in [1.165, 1.54) is 0 Å². The molecule has 0 aliphatic heterocycles. The number of nitrogens with one attached hydrogen (secondary N) is 2. The van der Waals surface area contributed by atoms with E-state index in [2.05, 4.69) is 0 Å². The highest BCUT2D eigenvalue weighted by Crippen LogP contribution is 2.29. The van der Waals surface area contributed by atoms with Crippen LogP contribution in [0.25, 0.3) is 11.3 Å². The molecule has 4 nitrogen and oxygen atoms in total. The smallest absolute Gasteiger partial charge is 0.307 e. The van der Waals surface area contributed by atoms with E-state index in [-0.39, 0.29) is 0 Å². The molecule has 0 aliphatic carbocycles. The first-order chi connectivity index (χ1) is 8.82. The molecule has 0 bridgehead atoms. The van der Waals surface area contributed by atoms with Crippen LogP contribution < -0.4 is 11.2 Å². The number of rotatable bonds is 1. The molecule has 0 fully saturated rings. The van der Waals surface area contributed by atoms with E-state index in [4.69, 9.17) is 0 Å². The Kier molecular flexibility index (Phi) is 2.97. The van der Waals surface area contributed by atoms with Gasteiger partial charge in [0.2, 0.25) is 5.82 Å². The van der Waals surface area contributed by atoms with Crippen LogP contribution in [-0.4, -0.2) is 9.97 Å². The predicted molar refractivity (Wildman–Crippen MR) is 52.9 cm³/mol. The maximum absolute atomic E-state index is 13.4. The first kappa shape index (κ1) is 13.0. The second kappa shape index (κ2) is 4.34. The molecule has 0 saturated carbocycles. The Balaban J connectivity index is 2.90. The maximum atomic E-state index is 13.4. The highest BCUT2D eigenvalue weighted by Gasteiger charge is 2.27. The van der Waals surface area contributed by atoms with Crippen molar-refractivity contribution in [3.05, 3.63) is 56.0 Å². The third kappa shape index (κ3) is 2.02. The fraction of sp³-hybridized carbons (Fsp3) is 0. The summed E-state index contributed by atoms with van der Waals surface area (Å²) in [5.74, 6) is -11.0. The highest BCUT2D eigenvalue weighted by atomic mass is 19.2. The van der Waals surface area contributed by atoms with Crippen molar-refractivity contribution in [2.45, 2.75) is 0 Å². The molecule has 0 unspecified atom stereocenters. The van der Waals surface area contributed by atoms with Crippen molar-refractivity contribution in [2.75, 3.05) is 0 Å². The SMILES string of the molecule is O=c1cc(-c2c(F)c(F)c(F)c(F)c2F)[nH]c(=O)[nH]1. The molecule has 9 heteroatoms. The van der Waals surface area contributed by atoms with E-state index in [0.717, 1.165) is 0 Å². The van der Waals surface area contributed by atoms with Gasteiger partial charge in [-0.15, -0.1) is 0 Å². The van der Waals surface area contributed by atoms with E-state index < -0.39 is 51.6 Å². The Hall–Kier alpha value is -2.45. The van der Waals surface area contributed by atoms with Gasteiger partial charge in [0.05, 0.1) is 11.3 Å². The Morgan fingerprint density at radius 3 is 1.68 bits per heavy atom. The number of H-pyrrole nitrogens is 2. The average molecular weight is 278 g/mol. The Morgan fingerprint density at radius 1 is 0.737 bits per heavy atom. The van der Waals surface area contributed by atoms with E-state index in [1.807, 2.05) is 0 Å². The second-order valence-corrected chi connectivity index (χ2v) is 3.45. The zero-order valence-corrected chi connectivity index (χ0v) is 8.78. The zero-order valence-electron chi connectivity index (χ0n) is 8.78.